The first kappa shape index (κ1) is 17.4. The SMILES string of the molecule is C=CC(=C(CF)CF)C1CCCC(CCCCC)CC1. The molecule has 0 bridgehead atoms. The Morgan fingerprint density at radius 1 is 1.10 bits per heavy atom. The fourth-order valence-corrected chi connectivity index (χ4v) is 3.45. The second kappa shape index (κ2) is 10.1. The first-order valence-electron chi connectivity index (χ1n) is 8.23. The van der Waals surface area contributed by atoms with E-state index in [0.717, 1.165) is 24.3 Å². The third-order valence-corrected chi connectivity index (χ3v) is 4.69. The summed E-state index contributed by atoms with van der Waals surface area (Å²) in [5.41, 5.74) is 1.17. The molecule has 0 nitrogen and oxygen atoms in total. The van der Waals surface area contributed by atoms with Crippen LogP contribution in [0.15, 0.2) is 23.8 Å². The highest BCUT2D eigenvalue weighted by molar-refractivity contribution is 5.28. The highest BCUT2D eigenvalue weighted by atomic mass is 19.1. The highest BCUT2D eigenvalue weighted by Crippen LogP contribution is 2.35. The number of unbranched alkanes of at least 4 members (excludes halogenated alkanes) is 2. The van der Waals surface area contributed by atoms with Crippen LogP contribution in [0.25, 0.3) is 0 Å². The predicted octanol–water partition coefficient (Wildman–Crippen LogP) is 6.18. The molecule has 0 aromatic rings. The first-order valence-corrected chi connectivity index (χ1v) is 8.23. The Labute approximate surface area is 123 Å². The number of halogens is 2. The van der Waals surface area contributed by atoms with Crippen molar-refractivity contribution in [1.82, 2.24) is 0 Å². The molecule has 20 heavy (non-hydrogen) atoms. The van der Waals surface area contributed by atoms with E-state index in [-0.39, 0.29) is 0 Å². The Hall–Kier alpha value is -0.660. The van der Waals surface area contributed by atoms with Crippen molar-refractivity contribution in [3.63, 3.8) is 0 Å². The maximum Gasteiger partial charge on any atom is 0.114 e. The van der Waals surface area contributed by atoms with E-state index >= 15 is 0 Å². The molecule has 0 aromatic carbocycles. The van der Waals surface area contributed by atoms with Crippen molar-refractivity contribution in [3.05, 3.63) is 23.8 Å². The van der Waals surface area contributed by atoms with Crippen LogP contribution in [0.1, 0.15) is 64.7 Å². The number of alkyl halides is 2. The summed E-state index contributed by atoms with van der Waals surface area (Å²) in [4.78, 5) is 0. The van der Waals surface area contributed by atoms with Gasteiger partial charge >= 0.3 is 0 Å². The van der Waals surface area contributed by atoms with Crippen molar-refractivity contribution in [2.75, 3.05) is 13.3 Å². The highest BCUT2D eigenvalue weighted by Gasteiger charge is 2.22. The Balaban J connectivity index is 2.58. The molecular formula is C18H30F2. The topological polar surface area (TPSA) is 0 Å². The van der Waals surface area contributed by atoms with E-state index in [1.54, 1.807) is 6.08 Å². The van der Waals surface area contributed by atoms with Gasteiger partial charge in [0.05, 0.1) is 0 Å². The molecule has 116 valence electrons. The molecule has 0 aromatic heterocycles. The minimum absolute atomic E-state index is 0.314. The van der Waals surface area contributed by atoms with E-state index in [1.165, 1.54) is 44.9 Å². The van der Waals surface area contributed by atoms with Gasteiger partial charge in [0.15, 0.2) is 0 Å². The smallest absolute Gasteiger partial charge is 0.114 e. The average molecular weight is 284 g/mol. The zero-order valence-corrected chi connectivity index (χ0v) is 13.0. The lowest BCUT2D eigenvalue weighted by Gasteiger charge is -2.18. The molecule has 2 atom stereocenters. The summed E-state index contributed by atoms with van der Waals surface area (Å²) in [6.45, 7) is 4.66. The molecule has 1 fully saturated rings. The Morgan fingerprint density at radius 3 is 2.45 bits per heavy atom. The molecule has 1 aliphatic carbocycles. The molecule has 1 rings (SSSR count). The van der Waals surface area contributed by atoms with Gasteiger partial charge in [-0.3, -0.25) is 0 Å². The third kappa shape index (κ3) is 5.38. The Bertz CT molecular complexity index is 301. The van der Waals surface area contributed by atoms with Gasteiger partial charge in [0.1, 0.15) is 13.3 Å². The van der Waals surface area contributed by atoms with Crippen LogP contribution in [0, 0.1) is 11.8 Å². The molecule has 0 N–H and O–H groups in total. The second-order valence-corrected chi connectivity index (χ2v) is 6.10. The van der Waals surface area contributed by atoms with Crippen LogP contribution in [0.4, 0.5) is 8.78 Å². The Morgan fingerprint density at radius 2 is 1.85 bits per heavy atom. The second-order valence-electron chi connectivity index (χ2n) is 6.10. The minimum atomic E-state index is -0.672. The quantitative estimate of drug-likeness (QED) is 0.283. The van der Waals surface area contributed by atoms with Gasteiger partial charge in [-0.2, -0.15) is 0 Å². The Kier molecular flexibility index (Phi) is 8.80. The normalized spacial score (nSPS) is 23.1. The number of hydrogen-bond donors (Lipinski definition) is 0. The molecule has 2 unspecified atom stereocenters. The van der Waals surface area contributed by atoms with E-state index in [2.05, 4.69) is 13.5 Å². The van der Waals surface area contributed by atoms with Crippen LogP contribution in [0.3, 0.4) is 0 Å². The molecule has 0 aliphatic heterocycles. The molecular weight excluding hydrogens is 254 g/mol. The minimum Gasteiger partial charge on any atom is -0.246 e. The van der Waals surface area contributed by atoms with Gasteiger partial charge in [-0.05, 0) is 42.2 Å². The van der Waals surface area contributed by atoms with Crippen LogP contribution >= 0.6 is 0 Å². The molecule has 0 spiro atoms. The summed E-state index contributed by atoms with van der Waals surface area (Å²) in [6, 6.07) is 0. The van der Waals surface area contributed by atoms with E-state index in [9.17, 15) is 8.78 Å². The maximum atomic E-state index is 12.9. The molecule has 0 heterocycles. The number of hydrogen-bond acceptors (Lipinski definition) is 0. The number of rotatable bonds is 8. The largest absolute Gasteiger partial charge is 0.246 e. The summed E-state index contributed by atoms with van der Waals surface area (Å²) in [7, 11) is 0. The standard InChI is InChI=1S/C18H30F2/c1-3-5-6-8-15-9-7-10-16(12-11-15)18(4-2)17(13-19)14-20/h4,15-16H,2-3,5-14H2,1H3. The predicted molar refractivity (Wildman–Crippen MR) is 83.4 cm³/mol. The lowest BCUT2D eigenvalue weighted by molar-refractivity contribution is 0.403. The first-order chi connectivity index (χ1) is 9.76. The van der Waals surface area contributed by atoms with E-state index in [0.29, 0.717) is 11.5 Å². The summed E-state index contributed by atoms with van der Waals surface area (Å²) < 4.78 is 25.8. The maximum absolute atomic E-state index is 12.9. The van der Waals surface area contributed by atoms with Crippen molar-refractivity contribution in [1.29, 1.82) is 0 Å². The fourth-order valence-electron chi connectivity index (χ4n) is 3.45. The lowest BCUT2D eigenvalue weighted by Crippen LogP contribution is -2.07. The van der Waals surface area contributed by atoms with E-state index in [4.69, 9.17) is 0 Å². The van der Waals surface area contributed by atoms with Crippen molar-refractivity contribution in [3.8, 4) is 0 Å². The van der Waals surface area contributed by atoms with Crippen LogP contribution < -0.4 is 0 Å². The molecule has 1 saturated carbocycles. The summed E-state index contributed by atoms with van der Waals surface area (Å²) in [6.07, 6.45) is 12.8. The molecule has 0 amide bonds. The van der Waals surface area contributed by atoms with Gasteiger partial charge in [-0.25, -0.2) is 8.78 Å². The molecule has 0 radical (unpaired) electrons. The van der Waals surface area contributed by atoms with Gasteiger partial charge in [0.25, 0.3) is 0 Å². The zero-order valence-electron chi connectivity index (χ0n) is 13.0. The van der Waals surface area contributed by atoms with Crippen molar-refractivity contribution in [2.45, 2.75) is 64.7 Å². The van der Waals surface area contributed by atoms with Gasteiger partial charge in [-0.15, -0.1) is 0 Å². The van der Waals surface area contributed by atoms with Gasteiger partial charge < -0.3 is 0 Å². The zero-order chi connectivity index (χ0) is 14.8. The summed E-state index contributed by atoms with van der Waals surface area (Å²) in [5.74, 6) is 1.14. The molecule has 0 saturated heterocycles. The van der Waals surface area contributed by atoms with E-state index < -0.39 is 13.3 Å². The third-order valence-electron chi connectivity index (χ3n) is 4.69. The monoisotopic (exact) mass is 284 g/mol. The fraction of sp³-hybridized carbons (Fsp3) is 0.778. The molecule has 1 aliphatic rings. The van der Waals surface area contributed by atoms with Crippen molar-refractivity contribution in [2.24, 2.45) is 11.8 Å². The van der Waals surface area contributed by atoms with Gasteiger partial charge in [0.2, 0.25) is 0 Å². The lowest BCUT2D eigenvalue weighted by atomic mass is 9.87. The van der Waals surface area contributed by atoms with Crippen LogP contribution in [-0.4, -0.2) is 13.3 Å². The molecule has 2 heteroatoms. The van der Waals surface area contributed by atoms with Gasteiger partial charge in [0, 0.05) is 0 Å². The van der Waals surface area contributed by atoms with Crippen LogP contribution in [0.2, 0.25) is 0 Å². The average Bonchev–Trinajstić information content (AvgIpc) is 2.70. The number of allylic oxidation sites excluding steroid dienone is 3. The van der Waals surface area contributed by atoms with Crippen molar-refractivity contribution < 1.29 is 8.78 Å². The van der Waals surface area contributed by atoms with Crippen molar-refractivity contribution >= 4 is 0 Å². The summed E-state index contributed by atoms with van der Waals surface area (Å²) >= 11 is 0. The summed E-state index contributed by atoms with van der Waals surface area (Å²) in [5, 5.41) is 0. The van der Waals surface area contributed by atoms with Gasteiger partial charge in [-0.1, -0.05) is 58.1 Å². The van der Waals surface area contributed by atoms with Crippen LogP contribution in [-0.2, 0) is 0 Å². The van der Waals surface area contributed by atoms with Crippen LogP contribution in [0.5, 0.6) is 0 Å². The van der Waals surface area contributed by atoms with E-state index in [1.807, 2.05) is 0 Å².